The molecule has 0 fully saturated rings. The first-order valence-electron chi connectivity index (χ1n) is 16.5. The maximum atomic E-state index is 13.2. The van der Waals surface area contributed by atoms with Crippen molar-refractivity contribution < 1.29 is 32.6 Å². The Kier molecular flexibility index (Phi) is 23.6. The predicted molar refractivity (Wildman–Crippen MR) is 173 cm³/mol. The molecule has 0 aliphatic rings. The van der Waals surface area contributed by atoms with Crippen molar-refractivity contribution in [2.24, 2.45) is 0 Å². The van der Waals surface area contributed by atoms with Gasteiger partial charge in [0.1, 0.15) is 0 Å². The first-order valence-corrected chi connectivity index (χ1v) is 18.2. The average Bonchev–Trinajstić information content (AvgIpc) is 2.97. The van der Waals surface area contributed by atoms with Crippen molar-refractivity contribution in [3.05, 3.63) is 45.3 Å². The maximum Gasteiger partial charge on any atom is 0.510 e. The van der Waals surface area contributed by atoms with E-state index < -0.39 is 31.8 Å². The van der Waals surface area contributed by atoms with Crippen LogP contribution in [0.15, 0.2) is 34.0 Å². The summed E-state index contributed by atoms with van der Waals surface area (Å²) in [6, 6.07) is 1.24. The van der Waals surface area contributed by atoms with E-state index in [1.807, 2.05) is 0 Å². The molecule has 0 radical (unpaired) electrons. The van der Waals surface area contributed by atoms with Crippen LogP contribution in [0.3, 0.4) is 0 Å². The van der Waals surface area contributed by atoms with Crippen LogP contribution < -0.4 is 11.2 Å². The minimum absolute atomic E-state index is 0.104. The molecule has 0 amide bonds. The number of hydrogen-bond acceptors (Lipinski definition) is 9. The average molecular weight is 645 g/mol. The van der Waals surface area contributed by atoms with Gasteiger partial charge >= 0.3 is 19.4 Å². The summed E-state index contributed by atoms with van der Waals surface area (Å²) >= 11 is 0. The molecule has 0 bridgehead atoms. The first kappa shape index (κ1) is 39.8. The number of H-pyrrole nitrogens is 1. The molecule has 1 aromatic rings. The quantitative estimate of drug-likeness (QED) is 0.0320. The third kappa shape index (κ3) is 22.3. The Morgan fingerprint density at radius 1 is 0.841 bits per heavy atom. The predicted octanol–water partition coefficient (Wildman–Crippen LogP) is 7.73. The monoisotopic (exact) mass is 644 g/mol. The highest BCUT2D eigenvalue weighted by molar-refractivity contribution is 7.54. The van der Waals surface area contributed by atoms with Crippen molar-refractivity contribution in [1.82, 2.24) is 9.55 Å². The summed E-state index contributed by atoms with van der Waals surface area (Å²) in [5.74, 6) is 0. The molecule has 254 valence electrons. The van der Waals surface area contributed by atoms with Gasteiger partial charge in [-0.2, -0.15) is 0 Å². The lowest BCUT2D eigenvalue weighted by Crippen LogP contribution is -2.28. The summed E-state index contributed by atoms with van der Waals surface area (Å²) in [5, 5.41) is 0. The number of aromatic nitrogens is 2. The van der Waals surface area contributed by atoms with Crippen LogP contribution in [0.2, 0.25) is 0 Å². The second kappa shape index (κ2) is 26.1. The highest BCUT2D eigenvalue weighted by Gasteiger charge is 2.24. The van der Waals surface area contributed by atoms with Gasteiger partial charge in [-0.1, -0.05) is 103 Å². The summed E-state index contributed by atoms with van der Waals surface area (Å²) in [7, 11) is -3.66. The summed E-state index contributed by atoms with van der Waals surface area (Å²) < 4.78 is 40.8. The maximum absolute atomic E-state index is 13.2. The molecule has 11 nitrogen and oxygen atoms in total. The van der Waals surface area contributed by atoms with E-state index in [1.54, 1.807) is 26.0 Å². The van der Waals surface area contributed by atoms with Crippen LogP contribution in [0.25, 0.3) is 0 Å². The zero-order valence-corrected chi connectivity index (χ0v) is 28.2. The highest BCUT2D eigenvalue weighted by atomic mass is 31.2. The van der Waals surface area contributed by atoms with Gasteiger partial charge in [0.05, 0.1) is 18.9 Å². The number of nitrogens with zero attached hydrogens (tertiary/aromatic N) is 1. The number of hydrogen-bond donors (Lipinski definition) is 1. The fourth-order valence-corrected chi connectivity index (χ4v) is 5.68. The van der Waals surface area contributed by atoms with Crippen LogP contribution in [0.1, 0.15) is 117 Å². The number of carbonyl (C=O) groups excluding carboxylic acids is 1. The van der Waals surface area contributed by atoms with Gasteiger partial charge in [-0.3, -0.25) is 23.4 Å². The van der Waals surface area contributed by atoms with Crippen LogP contribution in [0.5, 0.6) is 0 Å². The summed E-state index contributed by atoms with van der Waals surface area (Å²) in [6.07, 6.45) is 22.0. The Labute approximate surface area is 263 Å². The molecule has 0 aliphatic heterocycles. The summed E-state index contributed by atoms with van der Waals surface area (Å²) in [4.78, 5) is 36.8. The molecular formula is C32H57N2O9P. The van der Waals surface area contributed by atoms with Crippen molar-refractivity contribution in [3.63, 3.8) is 0 Å². The molecule has 12 heteroatoms. The van der Waals surface area contributed by atoms with Crippen LogP contribution in [0, 0.1) is 0 Å². The fraction of sp³-hybridized carbons (Fsp3) is 0.781. The van der Waals surface area contributed by atoms with Crippen molar-refractivity contribution in [2.75, 3.05) is 32.8 Å². The van der Waals surface area contributed by atoms with Gasteiger partial charge < -0.3 is 18.7 Å². The van der Waals surface area contributed by atoms with E-state index >= 15 is 0 Å². The number of carbonyl (C=O) groups is 1. The fourth-order valence-electron chi connectivity index (χ4n) is 4.37. The number of allylic oxidation sites excluding steroid dienone is 2. The molecule has 0 saturated heterocycles. The Morgan fingerprint density at radius 2 is 1.43 bits per heavy atom. The molecule has 0 aromatic carbocycles. The van der Waals surface area contributed by atoms with E-state index in [-0.39, 0.29) is 25.4 Å². The smallest absolute Gasteiger partial charge is 0.432 e. The molecule has 0 spiro atoms. The molecule has 1 aromatic heterocycles. The van der Waals surface area contributed by atoms with Gasteiger partial charge in [-0.15, -0.1) is 0 Å². The number of unbranched alkanes of at least 4 members (excludes halogenated alkanes) is 13. The lowest BCUT2D eigenvalue weighted by atomic mass is 10.0. The van der Waals surface area contributed by atoms with Gasteiger partial charge in [-0.05, 0) is 26.7 Å². The standard InChI is InChI=1S/C32H57N2O9P/c1-4-5-6-7-8-9-10-11-12-13-14-15-16-18-24-39-25-20-26-41-44(38,42-28-40-32(37)43-29(2)3)27-19-17-22-34-23-21-30(35)33-31(34)36/h17,19,21,23,29H,4-16,18,20,22,24-28H2,1-3H3,(H,33,35,36)/b19-17+. The van der Waals surface area contributed by atoms with Crippen molar-refractivity contribution in [2.45, 2.75) is 130 Å². The van der Waals surface area contributed by atoms with E-state index in [0.29, 0.717) is 19.6 Å². The third-order valence-electron chi connectivity index (χ3n) is 6.82. The number of nitrogens with one attached hydrogen (secondary N) is 1. The van der Waals surface area contributed by atoms with E-state index in [4.69, 9.17) is 23.3 Å². The highest BCUT2D eigenvalue weighted by Crippen LogP contribution is 2.48. The number of ether oxygens (including phenoxy) is 3. The minimum atomic E-state index is -3.66. The molecule has 1 rings (SSSR count). The number of aromatic amines is 1. The van der Waals surface area contributed by atoms with E-state index in [0.717, 1.165) is 12.8 Å². The minimum Gasteiger partial charge on any atom is -0.432 e. The van der Waals surface area contributed by atoms with Crippen LogP contribution in [-0.4, -0.2) is 54.6 Å². The Bertz CT molecular complexity index is 1050. The van der Waals surface area contributed by atoms with Crippen LogP contribution >= 0.6 is 7.60 Å². The topological polar surface area (TPSA) is 135 Å². The van der Waals surface area contributed by atoms with Gasteiger partial charge in [0.2, 0.25) is 6.79 Å². The lowest BCUT2D eigenvalue weighted by Gasteiger charge is -2.17. The molecule has 0 aliphatic carbocycles. The SMILES string of the molecule is CCCCCCCCCCCCCCCCOCCCOP(=O)(C/C=C/Cn1ccc(=O)[nH]c1=O)OCOC(=O)OC(C)C. The van der Waals surface area contributed by atoms with Gasteiger partial charge in [0, 0.05) is 32.0 Å². The molecule has 1 unspecified atom stereocenters. The molecule has 1 heterocycles. The van der Waals surface area contributed by atoms with Crippen molar-refractivity contribution in [3.8, 4) is 0 Å². The Morgan fingerprint density at radius 3 is 2.02 bits per heavy atom. The molecule has 1 atom stereocenters. The van der Waals surface area contributed by atoms with E-state index in [2.05, 4.69) is 11.9 Å². The summed E-state index contributed by atoms with van der Waals surface area (Å²) in [5.41, 5.74) is -1.04. The second-order valence-electron chi connectivity index (χ2n) is 11.2. The Balaban J connectivity index is 2.22. The summed E-state index contributed by atoms with van der Waals surface area (Å²) in [6.45, 7) is 6.47. The van der Waals surface area contributed by atoms with Crippen molar-refractivity contribution >= 4 is 13.8 Å². The second-order valence-corrected chi connectivity index (χ2v) is 13.3. The largest absolute Gasteiger partial charge is 0.510 e. The molecule has 44 heavy (non-hydrogen) atoms. The van der Waals surface area contributed by atoms with Gasteiger partial charge in [0.25, 0.3) is 5.56 Å². The third-order valence-corrected chi connectivity index (χ3v) is 8.55. The van der Waals surface area contributed by atoms with E-state index in [9.17, 15) is 18.9 Å². The zero-order chi connectivity index (χ0) is 32.3. The lowest BCUT2D eigenvalue weighted by molar-refractivity contribution is -0.0130. The van der Waals surface area contributed by atoms with Gasteiger partial charge in [0.15, 0.2) is 0 Å². The first-order chi connectivity index (χ1) is 21.3. The van der Waals surface area contributed by atoms with E-state index in [1.165, 1.54) is 93.9 Å². The normalized spacial score (nSPS) is 13.0. The Hall–Kier alpha value is -2.20. The molecular weight excluding hydrogens is 587 g/mol. The van der Waals surface area contributed by atoms with Gasteiger partial charge in [-0.25, -0.2) is 9.59 Å². The number of rotatable bonds is 28. The van der Waals surface area contributed by atoms with Crippen molar-refractivity contribution in [1.29, 1.82) is 0 Å². The molecule has 1 N–H and O–H groups in total. The van der Waals surface area contributed by atoms with Crippen LogP contribution in [-0.2, 0) is 34.4 Å². The van der Waals surface area contributed by atoms with Crippen LogP contribution in [0.4, 0.5) is 4.79 Å². The molecule has 0 saturated carbocycles. The zero-order valence-electron chi connectivity index (χ0n) is 27.3.